The van der Waals surface area contributed by atoms with E-state index in [0.29, 0.717) is 5.82 Å². The Morgan fingerprint density at radius 2 is 0.982 bits per heavy atom. The molecule has 11 rings (SSSR count). The van der Waals surface area contributed by atoms with E-state index in [1.165, 1.54) is 71.1 Å². The van der Waals surface area contributed by atoms with E-state index in [4.69, 9.17) is 9.97 Å². The predicted octanol–water partition coefficient (Wildman–Crippen LogP) is 14.0. The van der Waals surface area contributed by atoms with Crippen LogP contribution in [0.3, 0.4) is 0 Å². The van der Waals surface area contributed by atoms with Crippen LogP contribution in [0, 0.1) is 0 Å². The summed E-state index contributed by atoms with van der Waals surface area (Å²) in [4.78, 5) is 10.6. The van der Waals surface area contributed by atoms with Crippen LogP contribution in [0.1, 0.15) is 23.1 Å². The van der Waals surface area contributed by atoms with Crippen LogP contribution in [0.15, 0.2) is 188 Å². The molecule has 1 aliphatic rings. The zero-order valence-corrected chi connectivity index (χ0v) is 30.1. The summed E-state index contributed by atoms with van der Waals surface area (Å²) in [6.45, 7) is 0. The third-order valence-electron chi connectivity index (χ3n) is 11.3. The Morgan fingerprint density at radius 1 is 0.400 bits per heavy atom. The molecule has 0 saturated carbocycles. The first-order valence-electron chi connectivity index (χ1n) is 19.0. The topological polar surface area (TPSA) is 25.8 Å². The second-order valence-corrected chi connectivity index (χ2v) is 14.4. The number of nitrogens with zero attached hydrogens (tertiary/aromatic N) is 2. The molecule has 0 fully saturated rings. The molecule has 55 heavy (non-hydrogen) atoms. The van der Waals surface area contributed by atoms with Crippen molar-refractivity contribution in [1.82, 2.24) is 9.97 Å². The van der Waals surface area contributed by atoms with Crippen molar-refractivity contribution in [3.63, 3.8) is 0 Å². The van der Waals surface area contributed by atoms with Crippen molar-refractivity contribution in [1.29, 1.82) is 0 Å². The van der Waals surface area contributed by atoms with Gasteiger partial charge in [0.2, 0.25) is 0 Å². The summed E-state index contributed by atoms with van der Waals surface area (Å²) >= 11 is 0. The summed E-state index contributed by atoms with van der Waals surface area (Å²) in [5, 5.41) is 10.1. The van der Waals surface area contributed by atoms with Gasteiger partial charge in [0.15, 0.2) is 5.82 Å². The number of benzene rings is 9. The highest BCUT2D eigenvalue weighted by Gasteiger charge is 2.21. The van der Waals surface area contributed by atoms with Crippen molar-refractivity contribution >= 4 is 54.7 Å². The van der Waals surface area contributed by atoms with E-state index in [2.05, 4.69) is 188 Å². The lowest BCUT2D eigenvalue weighted by molar-refractivity contribution is 1.18. The van der Waals surface area contributed by atoms with Gasteiger partial charge in [0.25, 0.3) is 0 Å². The summed E-state index contributed by atoms with van der Waals surface area (Å²) in [5.41, 5.74) is 12.2. The third kappa shape index (κ3) is 5.18. The largest absolute Gasteiger partial charge is 0.228 e. The van der Waals surface area contributed by atoms with Crippen molar-refractivity contribution in [2.75, 3.05) is 0 Å². The molecule has 0 unspecified atom stereocenters. The normalized spacial score (nSPS) is 12.7. The Kier molecular flexibility index (Phi) is 7.28. The molecular weight excluding hydrogens is 665 g/mol. The van der Waals surface area contributed by atoms with E-state index in [9.17, 15) is 0 Å². The summed E-state index contributed by atoms with van der Waals surface area (Å²) in [7, 11) is 0. The Balaban J connectivity index is 1.14. The molecule has 0 aliphatic heterocycles. The van der Waals surface area contributed by atoms with Gasteiger partial charge in [-0.2, -0.15) is 0 Å². The Labute approximate surface area is 319 Å². The second kappa shape index (κ2) is 12.8. The van der Waals surface area contributed by atoms with Crippen LogP contribution in [-0.2, 0) is 0 Å². The molecule has 0 amide bonds. The zero-order chi connectivity index (χ0) is 36.3. The van der Waals surface area contributed by atoms with Gasteiger partial charge in [-0.1, -0.05) is 188 Å². The average Bonchev–Trinajstić information content (AvgIpc) is 3.49. The number of allylic oxidation sites excluding steroid dienone is 2. The van der Waals surface area contributed by atoms with E-state index in [0.717, 1.165) is 39.9 Å². The van der Waals surface area contributed by atoms with Crippen LogP contribution in [0.2, 0.25) is 0 Å². The van der Waals surface area contributed by atoms with Crippen LogP contribution >= 0.6 is 0 Å². The van der Waals surface area contributed by atoms with Gasteiger partial charge >= 0.3 is 0 Å². The molecule has 2 nitrogen and oxygen atoms in total. The van der Waals surface area contributed by atoms with Crippen LogP contribution in [0.4, 0.5) is 0 Å². The Hall–Kier alpha value is -7.16. The highest BCUT2D eigenvalue weighted by Crippen LogP contribution is 2.44. The molecule has 0 bridgehead atoms. The minimum absolute atomic E-state index is 0.708. The molecule has 10 aromatic rings. The van der Waals surface area contributed by atoms with Gasteiger partial charge in [0.1, 0.15) is 0 Å². The Bertz CT molecular complexity index is 3140. The quantitative estimate of drug-likeness (QED) is 0.167. The van der Waals surface area contributed by atoms with Crippen molar-refractivity contribution in [3.8, 4) is 45.0 Å². The van der Waals surface area contributed by atoms with Gasteiger partial charge in [-0.15, -0.1) is 0 Å². The van der Waals surface area contributed by atoms with E-state index >= 15 is 0 Å². The van der Waals surface area contributed by atoms with E-state index in [-0.39, 0.29) is 0 Å². The van der Waals surface area contributed by atoms with Crippen molar-refractivity contribution < 1.29 is 0 Å². The van der Waals surface area contributed by atoms with E-state index < -0.39 is 0 Å². The molecule has 9 aromatic carbocycles. The average molecular weight is 699 g/mol. The molecule has 1 heterocycles. The monoisotopic (exact) mass is 698 g/mol. The zero-order valence-electron chi connectivity index (χ0n) is 30.1. The number of hydrogen-bond donors (Lipinski definition) is 0. The highest BCUT2D eigenvalue weighted by molar-refractivity contribution is 6.26. The molecule has 256 valence electrons. The lowest BCUT2D eigenvalue weighted by Gasteiger charge is -2.18. The van der Waals surface area contributed by atoms with Crippen LogP contribution in [0.5, 0.6) is 0 Å². The molecule has 0 saturated heterocycles. The molecule has 2 heteroatoms. The number of aromatic nitrogens is 2. The molecule has 1 aliphatic carbocycles. The first-order valence-corrected chi connectivity index (χ1v) is 19.0. The maximum Gasteiger partial charge on any atom is 0.160 e. The predicted molar refractivity (Wildman–Crippen MR) is 232 cm³/mol. The summed E-state index contributed by atoms with van der Waals surface area (Å²) in [6, 6.07) is 63.4. The highest BCUT2D eigenvalue weighted by atomic mass is 14.9. The minimum atomic E-state index is 0.708. The molecular formula is C53H34N2. The lowest BCUT2D eigenvalue weighted by Crippen LogP contribution is -2.00. The number of fused-ring (bicyclic) bond motifs is 2. The van der Waals surface area contributed by atoms with E-state index in [1.807, 2.05) is 6.07 Å². The minimum Gasteiger partial charge on any atom is -0.228 e. The van der Waals surface area contributed by atoms with Gasteiger partial charge in [-0.25, -0.2) is 9.97 Å². The lowest BCUT2D eigenvalue weighted by atomic mass is 9.87. The first-order chi connectivity index (χ1) is 27.3. The van der Waals surface area contributed by atoms with Crippen LogP contribution in [-0.4, -0.2) is 9.97 Å². The van der Waals surface area contributed by atoms with Gasteiger partial charge in [-0.05, 0) is 89.0 Å². The first kappa shape index (κ1) is 31.4. The molecule has 0 spiro atoms. The molecule has 0 N–H and O–H groups in total. The maximum atomic E-state index is 5.33. The van der Waals surface area contributed by atoms with Crippen molar-refractivity contribution in [2.24, 2.45) is 0 Å². The van der Waals surface area contributed by atoms with Gasteiger partial charge < -0.3 is 0 Å². The maximum absolute atomic E-state index is 5.33. The van der Waals surface area contributed by atoms with Gasteiger partial charge in [0.05, 0.1) is 11.4 Å². The summed E-state index contributed by atoms with van der Waals surface area (Å²) in [5.74, 6) is 0.708. The fourth-order valence-electron chi connectivity index (χ4n) is 8.75. The summed E-state index contributed by atoms with van der Waals surface area (Å²) in [6.07, 6.45) is 7.70. The number of hydrogen-bond acceptors (Lipinski definition) is 2. The van der Waals surface area contributed by atoms with E-state index in [1.54, 1.807) is 0 Å². The second-order valence-electron chi connectivity index (χ2n) is 14.4. The molecule has 1 aromatic heterocycles. The fraction of sp³-hybridized carbons (Fsp3) is 0.0189. The van der Waals surface area contributed by atoms with Gasteiger partial charge in [0, 0.05) is 16.7 Å². The van der Waals surface area contributed by atoms with Crippen molar-refractivity contribution in [3.05, 3.63) is 205 Å². The molecule has 0 radical (unpaired) electrons. The smallest absolute Gasteiger partial charge is 0.160 e. The van der Waals surface area contributed by atoms with Gasteiger partial charge in [-0.3, -0.25) is 0 Å². The molecule has 0 atom stereocenters. The van der Waals surface area contributed by atoms with Crippen LogP contribution in [0.25, 0.3) is 99.8 Å². The van der Waals surface area contributed by atoms with Crippen LogP contribution < -0.4 is 0 Å². The standard InChI is InChI=1S/C53H34N2/c1-3-13-34(14-4-1)40-21-8-7-15-35-20-12-24-47(51(35)40)49-33-48(54-53(55-49)39-16-5-2-6-17-39)45-32-31-43(41-22-9-10-23-42(41)45)44-29-27-38-26-25-36-18-11-19-37-28-30-46(44)52(38)50(36)37/h1-7,9-33H,8H2. The third-order valence-corrected chi connectivity index (χ3v) is 11.3. The van der Waals surface area contributed by atoms with Crippen molar-refractivity contribution in [2.45, 2.75) is 6.42 Å². The Morgan fingerprint density at radius 3 is 1.76 bits per heavy atom. The number of rotatable bonds is 5. The summed E-state index contributed by atoms with van der Waals surface area (Å²) < 4.78 is 0. The fourth-order valence-corrected chi connectivity index (χ4v) is 8.75. The SMILES string of the molecule is C1=Cc2cccc(-c3cc(-c4ccc(-c5ccc6ccc7cccc8ccc5c6c78)c5ccccc45)nc(-c4ccccc4)n3)c2C(c2ccccc2)=CC1.